The van der Waals surface area contributed by atoms with Gasteiger partial charge in [-0.3, -0.25) is 9.48 Å². The fraction of sp³-hybridized carbons (Fsp3) is 0.423. The number of Topliss-reactive ketones (excluding diaryl/α,β-unsaturated/α-hetero) is 1. The predicted molar refractivity (Wildman–Crippen MR) is 135 cm³/mol. The standard InChI is InChI=1S/C26H35N4O2P/c1-20(2)25(31)14-7-4-8-15-30-18-23(28-29-30)19-32-24-13-9-12-22(16-24)26(33)27-17-21-10-5-3-6-11-21/h3,5-6,9-13,16,18,20,26-27H,4,7-8,14-15,17,19,33H2,1-2H3. The van der Waals surface area contributed by atoms with E-state index >= 15 is 0 Å². The van der Waals surface area contributed by atoms with Crippen LogP contribution in [0.2, 0.25) is 0 Å². The Labute approximate surface area is 199 Å². The van der Waals surface area contributed by atoms with Crippen LogP contribution in [-0.2, 0) is 24.5 Å². The van der Waals surface area contributed by atoms with Crippen molar-refractivity contribution in [3.63, 3.8) is 0 Å². The van der Waals surface area contributed by atoms with E-state index in [1.165, 1.54) is 5.56 Å². The maximum absolute atomic E-state index is 11.7. The number of aryl methyl sites for hydroxylation is 1. The molecule has 3 aromatic rings. The van der Waals surface area contributed by atoms with Crippen molar-refractivity contribution in [2.45, 2.75) is 65.0 Å². The zero-order valence-electron chi connectivity index (χ0n) is 19.6. The molecule has 2 atom stereocenters. The van der Waals surface area contributed by atoms with Gasteiger partial charge in [-0.1, -0.05) is 67.9 Å². The molecule has 0 bridgehead atoms. The van der Waals surface area contributed by atoms with Gasteiger partial charge in [0.15, 0.2) is 0 Å². The van der Waals surface area contributed by atoms with Crippen LogP contribution < -0.4 is 10.1 Å². The monoisotopic (exact) mass is 466 g/mol. The van der Waals surface area contributed by atoms with E-state index in [9.17, 15) is 4.79 Å². The normalized spacial score (nSPS) is 12.1. The largest absolute Gasteiger partial charge is 0.487 e. The molecule has 7 heteroatoms. The lowest BCUT2D eigenvalue weighted by Crippen LogP contribution is -2.15. The Balaban J connectivity index is 1.40. The smallest absolute Gasteiger partial charge is 0.135 e. The summed E-state index contributed by atoms with van der Waals surface area (Å²) in [5.41, 5.74) is 3.21. The summed E-state index contributed by atoms with van der Waals surface area (Å²) in [4.78, 5) is 11.7. The fourth-order valence-corrected chi connectivity index (χ4v) is 3.77. The number of unbranched alkanes of at least 4 members (excludes halogenated alkanes) is 2. The highest BCUT2D eigenvalue weighted by Gasteiger charge is 2.09. The highest BCUT2D eigenvalue weighted by molar-refractivity contribution is 7.17. The molecule has 0 saturated carbocycles. The van der Waals surface area contributed by atoms with Crippen molar-refractivity contribution >= 4 is 15.0 Å². The minimum Gasteiger partial charge on any atom is -0.487 e. The first kappa shape index (κ1) is 25.1. The van der Waals surface area contributed by atoms with Crippen LogP contribution in [0.25, 0.3) is 0 Å². The van der Waals surface area contributed by atoms with Crippen molar-refractivity contribution in [3.05, 3.63) is 77.6 Å². The van der Waals surface area contributed by atoms with Crippen molar-refractivity contribution in [1.29, 1.82) is 0 Å². The van der Waals surface area contributed by atoms with E-state index in [2.05, 4.69) is 61.3 Å². The van der Waals surface area contributed by atoms with Crippen molar-refractivity contribution in [2.24, 2.45) is 5.92 Å². The van der Waals surface area contributed by atoms with Crippen LogP contribution in [0.4, 0.5) is 0 Å². The summed E-state index contributed by atoms with van der Waals surface area (Å²) in [6.45, 7) is 5.91. The number of carbonyl (C=O) groups is 1. The molecule has 0 aliphatic rings. The van der Waals surface area contributed by atoms with Gasteiger partial charge in [0, 0.05) is 31.2 Å². The number of hydrogen-bond acceptors (Lipinski definition) is 5. The molecule has 1 N–H and O–H groups in total. The Bertz CT molecular complexity index is 991. The minimum atomic E-state index is 0.130. The number of carbonyl (C=O) groups excluding carboxylic acids is 1. The number of nitrogens with zero attached hydrogens (tertiary/aromatic N) is 3. The van der Waals surface area contributed by atoms with Crippen molar-refractivity contribution in [1.82, 2.24) is 20.3 Å². The van der Waals surface area contributed by atoms with E-state index in [-0.39, 0.29) is 11.7 Å². The topological polar surface area (TPSA) is 69.0 Å². The molecule has 0 fully saturated rings. The Hall–Kier alpha value is -2.56. The Morgan fingerprint density at radius 2 is 1.91 bits per heavy atom. The number of ether oxygens (including phenoxy) is 1. The molecule has 1 aromatic heterocycles. The van der Waals surface area contributed by atoms with Crippen molar-refractivity contribution in [2.75, 3.05) is 0 Å². The maximum atomic E-state index is 11.7. The van der Waals surface area contributed by atoms with E-state index in [0.717, 1.165) is 49.4 Å². The third-order valence-corrected chi connectivity index (χ3v) is 6.13. The summed E-state index contributed by atoms with van der Waals surface area (Å²) in [6.07, 6.45) is 5.55. The van der Waals surface area contributed by atoms with Crippen LogP contribution in [-0.4, -0.2) is 20.8 Å². The van der Waals surface area contributed by atoms with E-state index in [4.69, 9.17) is 4.74 Å². The Morgan fingerprint density at radius 3 is 2.70 bits per heavy atom. The zero-order valence-corrected chi connectivity index (χ0v) is 20.8. The van der Waals surface area contributed by atoms with Gasteiger partial charge in [0.1, 0.15) is 23.8 Å². The molecule has 0 spiro atoms. The summed E-state index contributed by atoms with van der Waals surface area (Å²) in [5, 5.41) is 11.9. The molecule has 3 rings (SSSR count). The van der Waals surface area contributed by atoms with Gasteiger partial charge in [-0.2, -0.15) is 0 Å². The molecule has 0 aliphatic heterocycles. The first-order valence-corrected chi connectivity index (χ1v) is 12.4. The van der Waals surface area contributed by atoms with Crippen LogP contribution in [0, 0.1) is 5.92 Å². The maximum Gasteiger partial charge on any atom is 0.135 e. The van der Waals surface area contributed by atoms with E-state index in [1.54, 1.807) is 0 Å². The van der Waals surface area contributed by atoms with E-state index < -0.39 is 0 Å². The molecule has 0 radical (unpaired) electrons. The summed E-state index contributed by atoms with van der Waals surface area (Å²) in [6, 6.07) is 18.5. The number of rotatable bonds is 14. The number of hydrogen-bond donors (Lipinski definition) is 1. The van der Waals surface area contributed by atoms with Gasteiger partial charge < -0.3 is 10.1 Å². The first-order chi connectivity index (χ1) is 16.0. The number of nitrogens with one attached hydrogen (secondary N) is 1. The molecule has 6 nitrogen and oxygen atoms in total. The average Bonchev–Trinajstić information content (AvgIpc) is 3.29. The van der Waals surface area contributed by atoms with Crippen LogP contribution in [0.3, 0.4) is 0 Å². The van der Waals surface area contributed by atoms with E-state index in [1.807, 2.05) is 42.9 Å². The van der Waals surface area contributed by atoms with Gasteiger partial charge in [0.25, 0.3) is 0 Å². The van der Waals surface area contributed by atoms with Crippen LogP contribution in [0.15, 0.2) is 60.8 Å². The molecule has 33 heavy (non-hydrogen) atoms. The van der Waals surface area contributed by atoms with Gasteiger partial charge >= 0.3 is 0 Å². The summed E-state index contributed by atoms with van der Waals surface area (Å²) in [5.74, 6) is 1.42. The molecule has 1 heterocycles. The van der Waals surface area contributed by atoms with Gasteiger partial charge in [-0.15, -0.1) is 14.3 Å². The molecular formula is C26H35N4O2P. The lowest BCUT2D eigenvalue weighted by molar-refractivity contribution is -0.122. The number of aromatic nitrogens is 3. The van der Waals surface area contributed by atoms with Crippen molar-refractivity contribution in [3.8, 4) is 5.75 Å². The molecule has 176 valence electrons. The Morgan fingerprint density at radius 1 is 1.09 bits per heavy atom. The third-order valence-electron chi connectivity index (χ3n) is 5.51. The zero-order chi connectivity index (χ0) is 23.5. The highest BCUT2D eigenvalue weighted by atomic mass is 31.0. The highest BCUT2D eigenvalue weighted by Crippen LogP contribution is 2.24. The lowest BCUT2D eigenvalue weighted by Gasteiger charge is -2.15. The van der Waals surface area contributed by atoms with Crippen molar-refractivity contribution < 1.29 is 9.53 Å². The van der Waals surface area contributed by atoms with Crippen LogP contribution in [0.5, 0.6) is 5.75 Å². The molecule has 0 aliphatic carbocycles. The molecular weight excluding hydrogens is 431 g/mol. The first-order valence-electron chi connectivity index (χ1n) is 11.7. The predicted octanol–water partition coefficient (Wildman–Crippen LogP) is 5.31. The SMILES string of the molecule is CC(C)C(=O)CCCCCn1cc(COc2cccc(C(P)NCc3ccccc3)c2)nn1. The second kappa shape index (κ2) is 13.2. The molecule has 0 amide bonds. The average molecular weight is 467 g/mol. The lowest BCUT2D eigenvalue weighted by atomic mass is 10.0. The van der Waals surface area contributed by atoms with Gasteiger partial charge in [0.05, 0.1) is 6.20 Å². The quantitative estimate of drug-likeness (QED) is 0.258. The van der Waals surface area contributed by atoms with Crippen LogP contribution in [0.1, 0.15) is 62.1 Å². The molecule has 2 unspecified atom stereocenters. The second-order valence-electron chi connectivity index (χ2n) is 8.61. The second-order valence-corrected chi connectivity index (χ2v) is 9.28. The third kappa shape index (κ3) is 8.71. The van der Waals surface area contributed by atoms with Gasteiger partial charge in [-0.05, 0) is 36.1 Å². The molecule has 0 saturated heterocycles. The number of benzene rings is 2. The summed E-state index contributed by atoms with van der Waals surface area (Å²) >= 11 is 0. The number of ketones is 1. The van der Waals surface area contributed by atoms with E-state index in [0.29, 0.717) is 18.8 Å². The van der Waals surface area contributed by atoms with Crippen LogP contribution >= 0.6 is 9.24 Å². The van der Waals surface area contributed by atoms with Gasteiger partial charge in [-0.25, -0.2) is 0 Å². The molecule has 2 aromatic carbocycles. The Kier molecular flexibility index (Phi) is 10.0. The summed E-state index contributed by atoms with van der Waals surface area (Å²) < 4.78 is 7.81. The fourth-order valence-electron chi connectivity index (χ4n) is 3.45. The minimum absolute atomic E-state index is 0.130. The summed E-state index contributed by atoms with van der Waals surface area (Å²) in [7, 11) is 2.85. The van der Waals surface area contributed by atoms with Gasteiger partial charge in [0.2, 0.25) is 0 Å².